The van der Waals surface area contributed by atoms with E-state index in [1.165, 1.54) is 41.2 Å². The summed E-state index contributed by atoms with van der Waals surface area (Å²) in [6, 6.07) is 24.0. The number of rotatable bonds is 7. The fourth-order valence-electron chi connectivity index (χ4n) is 4.89. The molecule has 3 nitrogen and oxygen atoms in total. The quantitative estimate of drug-likeness (QED) is 0.493. The second-order valence-corrected chi connectivity index (χ2v) is 9.46. The van der Waals surface area contributed by atoms with Crippen molar-refractivity contribution in [1.82, 2.24) is 5.32 Å². The van der Waals surface area contributed by atoms with Gasteiger partial charge in [-0.05, 0) is 79.5 Å². The normalized spacial score (nSPS) is 19.4. The Balaban J connectivity index is 1.35. The van der Waals surface area contributed by atoms with Gasteiger partial charge in [0.25, 0.3) is 0 Å². The molecule has 0 spiro atoms. The summed E-state index contributed by atoms with van der Waals surface area (Å²) in [5.74, 6) is -0.237. The molecule has 3 heteroatoms. The highest BCUT2D eigenvalue weighted by Gasteiger charge is 2.30. The lowest BCUT2D eigenvalue weighted by Crippen LogP contribution is -2.35. The van der Waals surface area contributed by atoms with Crippen LogP contribution >= 0.6 is 0 Å². The molecule has 4 rings (SSSR count). The average molecular weight is 416 g/mol. The van der Waals surface area contributed by atoms with Crippen LogP contribution in [0.15, 0.2) is 66.7 Å². The van der Waals surface area contributed by atoms with Gasteiger partial charge in [0.05, 0.1) is 5.41 Å². The summed E-state index contributed by atoms with van der Waals surface area (Å²) in [6.07, 6.45) is 5.87. The summed E-state index contributed by atoms with van der Waals surface area (Å²) in [4.78, 5) is 11.5. The number of hydrogen-bond acceptors (Lipinski definition) is 2. The Hall–Kier alpha value is -2.65. The van der Waals surface area contributed by atoms with E-state index < -0.39 is 11.4 Å². The fraction of sp³-hybridized carbons (Fsp3) is 0.393. The van der Waals surface area contributed by atoms with Gasteiger partial charge in [-0.15, -0.1) is 0 Å². The van der Waals surface area contributed by atoms with Crippen LogP contribution in [0.3, 0.4) is 0 Å². The third kappa shape index (κ3) is 4.83. The predicted molar refractivity (Wildman–Crippen MR) is 128 cm³/mol. The molecule has 0 bridgehead atoms. The Morgan fingerprint density at radius 1 is 1.00 bits per heavy atom. The minimum Gasteiger partial charge on any atom is -0.481 e. The van der Waals surface area contributed by atoms with E-state index in [-0.39, 0.29) is 0 Å². The van der Waals surface area contributed by atoms with E-state index in [1.54, 1.807) is 13.8 Å². The van der Waals surface area contributed by atoms with Crippen LogP contribution in [0.25, 0.3) is 10.8 Å². The minimum atomic E-state index is -0.850. The van der Waals surface area contributed by atoms with E-state index >= 15 is 0 Å². The van der Waals surface area contributed by atoms with Crippen LogP contribution in [0, 0.1) is 0 Å². The second-order valence-electron chi connectivity index (χ2n) is 9.46. The van der Waals surface area contributed by atoms with Crippen LogP contribution in [0.2, 0.25) is 0 Å². The highest BCUT2D eigenvalue weighted by molar-refractivity contribution is 5.85. The lowest BCUT2D eigenvalue weighted by atomic mass is 9.79. The molecule has 1 saturated carbocycles. The first-order valence-corrected chi connectivity index (χ1v) is 11.5. The van der Waals surface area contributed by atoms with Crippen LogP contribution in [-0.2, 0) is 16.6 Å². The van der Waals surface area contributed by atoms with Crippen molar-refractivity contribution < 1.29 is 9.90 Å². The van der Waals surface area contributed by atoms with Gasteiger partial charge in [0.15, 0.2) is 0 Å². The largest absolute Gasteiger partial charge is 0.481 e. The Morgan fingerprint density at radius 3 is 2.52 bits per heavy atom. The number of fused-ring (bicyclic) bond motifs is 1. The molecule has 0 radical (unpaired) electrons. The van der Waals surface area contributed by atoms with Crippen LogP contribution in [0.4, 0.5) is 0 Å². The van der Waals surface area contributed by atoms with Gasteiger partial charge in [-0.1, -0.05) is 73.2 Å². The van der Waals surface area contributed by atoms with E-state index in [2.05, 4.69) is 59.9 Å². The number of benzene rings is 3. The molecule has 1 aliphatic rings. The molecule has 1 aliphatic carbocycles. The zero-order chi connectivity index (χ0) is 21.8. The van der Waals surface area contributed by atoms with Crippen LogP contribution in [-0.4, -0.2) is 23.7 Å². The van der Waals surface area contributed by atoms with Crippen molar-refractivity contribution in [3.63, 3.8) is 0 Å². The first-order valence-electron chi connectivity index (χ1n) is 11.5. The SMILES string of the molecule is CC(C)(C(=O)O)c1ccc([C@@H]2CCCC(NCCc3cccc4ccccc34)C2)cc1. The first-order chi connectivity index (χ1) is 14.9. The number of hydrogen-bond donors (Lipinski definition) is 2. The van der Waals surface area contributed by atoms with Crippen molar-refractivity contribution in [2.75, 3.05) is 6.54 Å². The third-order valence-corrected chi connectivity index (χ3v) is 7.02. The van der Waals surface area contributed by atoms with Gasteiger partial charge >= 0.3 is 5.97 Å². The van der Waals surface area contributed by atoms with Crippen molar-refractivity contribution in [3.05, 3.63) is 83.4 Å². The van der Waals surface area contributed by atoms with E-state index in [1.807, 2.05) is 12.1 Å². The number of carbonyl (C=O) groups is 1. The van der Waals surface area contributed by atoms with Gasteiger partial charge in [-0.3, -0.25) is 4.79 Å². The summed E-state index contributed by atoms with van der Waals surface area (Å²) in [7, 11) is 0. The Labute approximate surface area is 185 Å². The van der Waals surface area contributed by atoms with Gasteiger partial charge in [-0.25, -0.2) is 0 Å². The van der Waals surface area contributed by atoms with Crippen molar-refractivity contribution in [2.45, 2.75) is 63.3 Å². The Bertz CT molecular complexity index is 1030. The molecular weight excluding hydrogens is 382 g/mol. The second kappa shape index (κ2) is 9.23. The Morgan fingerprint density at radius 2 is 1.74 bits per heavy atom. The molecule has 0 aromatic heterocycles. The van der Waals surface area contributed by atoms with Crippen molar-refractivity contribution in [1.29, 1.82) is 0 Å². The topological polar surface area (TPSA) is 49.3 Å². The van der Waals surface area contributed by atoms with Crippen molar-refractivity contribution in [3.8, 4) is 0 Å². The van der Waals surface area contributed by atoms with Crippen LogP contribution in [0.5, 0.6) is 0 Å². The first kappa shape index (κ1) is 21.6. The predicted octanol–water partition coefficient (Wildman–Crippen LogP) is 6.06. The fourth-order valence-corrected chi connectivity index (χ4v) is 4.89. The van der Waals surface area contributed by atoms with Crippen LogP contribution < -0.4 is 5.32 Å². The zero-order valence-corrected chi connectivity index (χ0v) is 18.6. The smallest absolute Gasteiger partial charge is 0.313 e. The van der Waals surface area contributed by atoms with E-state index in [0.717, 1.165) is 24.9 Å². The molecule has 0 heterocycles. The minimum absolute atomic E-state index is 0.545. The monoisotopic (exact) mass is 415 g/mol. The van der Waals surface area contributed by atoms with Crippen molar-refractivity contribution >= 4 is 16.7 Å². The molecule has 1 unspecified atom stereocenters. The summed E-state index contributed by atoms with van der Waals surface area (Å²) in [5, 5.41) is 15.9. The summed E-state index contributed by atoms with van der Waals surface area (Å²) < 4.78 is 0. The average Bonchev–Trinajstić information content (AvgIpc) is 2.79. The third-order valence-electron chi connectivity index (χ3n) is 7.02. The number of aliphatic carboxylic acids is 1. The summed E-state index contributed by atoms with van der Waals surface area (Å²) in [6.45, 7) is 4.53. The number of nitrogens with one attached hydrogen (secondary N) is 1. The van der Waals surface area contributed by atoms with Gasteiger partial charge in [0.2, 0.25) is 0 Å². The Kier molecular flexibility index (Phi) is 6.43. The maximum absolute atomic E-state index is 11.5. The standard InChI is InChI=1S/C28H33NO2/c1-28(2,27(30)31)24-15-13-20(14-16-24)23-10-6-11-25(19-23)29-18-17-22-9-5-8-21-7-3-4-12-26(21)22/h3-5,7-9,12-16,23,25,29H,6,10-11,17-19H2,1-2H3,(H,30,31)/t23-,25?/m1/s1. The highest BCUT2D eigenvalue weighted by Crippen LogP contribution is 2.34. The molecule has 2 N–H and O–H groups in total. The van der Waals surface area contributed by atoms with Gasteiger partial charge < -0.3 is 10.4 Å². The van der Waals surface area contributed by atoms with E-state index in [0.29, 0.717) is 12.0 Å². The highest BCUT2D eigenvalue weighted by atomic mass is 16.4. The zero-order valence-electron chi connectivity index (χ0n) is 18.6. The summed E-state index contributed by atoms with van der Waals surface area (Å²) in [5.41, 5.74) is 2.76. The molecule has 3 aromatic carbocycles. The molecular formula is C28H33NO2. The molecule has 2 atom stereocenters. The molecule has 31 heavy (non-hydrogen) atoms. The summed E-state index contributed by atoms with van der Waals surface area (Å²) >= 11 is 0. The molecule has 0 saturated heterocycles. The van der Waals surface area contributed by atoms with Crippen molar-refractivity contribution in [2.24, 2.45) is 0 Å². The number of carboxylic acids is 1. The lowest BCUT2D eigenvalue weighted by Gasteiger charge is -2.31. The van der Waals surface area contributed by atoms with E-state index in [4.69, 9.17) is 0 Å². The maximum Gasteiger partial charge on any atom is 0.313 e. The number of carboxylic acid groups (broad SMARTS) is 1. The molecule has 0 amide bonds. The lowest BCUT2D eigenvalue weighted by molar-refractivity contribution is -0.142. The van der Waals surface area contributed by atoms with E-state index in [9.17, 15) is 9.90 Å². The van der Waals surface area contributed by atoms with Gasteiger partial charge in [0, 0.05) is 6.04 Å². The maximum atomic E-state index is 11.5. The molecule has 1 fully saturated rings. The molecule has 162 valence electrons. The van der Waals surface area contributed by atoms with Gasteiger partial charge in [-0.2, -0.15) is 0 Å². The van der Waals surface area contributed by atoms with Gasteiger partial charge in [0.1, 0.15) is 0 Å². The molecule has 0 aliphatic heterocycles. The van der Waals surface area contributed by atoms with Crippen LogP contribution in [0.1, 0.15) is 62.1 Å². The molecule has 3 aromatic rings.